The van der Waals surface area contributed by atoms with E-state index in [1.165, 1.54) is 24.4 Å². The van der Waals surface area contributed by atoms with Gasteiger partial charge in [-0.2, -0.15) is 13.7 Å². The van der Waals surface area contributed by atoms with Gasteiger partial charge >= 0.3 is 0 Å². The highest BCUT2D eigenvalue weighted by Gasteiger charge is 2.13. The van der Waals surface area contributed by atoms with Crippen LogP contribution in [-0.4, -0.2) is 4.98 Å². The normalized spacial score (nSPS) is 10.6. The molecule has 0 saturated carbocycles. The van der Waals surface area contributed by atoms with Crippen LogP contribution >= 0.6 is 8.54 Å². The number of aromatic nitrogens is 1. The van der Waals surface area contributed by atoms with Crippen LogP contribution < -0.4 is 11.0 Å². The Morgan fingerprint density at radius 3 is 2.70 bits per heavy atom. The molecule has 1 aromatic heterocycles. The van der Waals surface area contributed by atoms with E-state index in [-0.39, 0.29) is 5.30 Å². The quantitative estimate of drug-likeness (QED) is 0.693. The summed E-state index contributed by atoms with van der Waals surface area (Å²) in [6, 6.07) is 7.99. The molecule has 0 fully saturated rings. The number of hydrogen-bond donors (Lipinski definition) is 1. The number of nitrogens with zero attached hydrogens (tertiary/aromatic N) is 2. The van der Waals surface area contributed by atoms with Crippen LogP contribution in [0.3, 0.4) is 0 Å². The molecule has 0 spiro atoms. The third-order valence-electron chi connectivity index (χ3n) is 3.00. The van der Waals surface area contributed by atoms with Gasteiger partial charge in [0.05, 0.1) is 0 Å². The van der Waals surface area contributed by atoms with E-state index in [1.54, 1.807) is 6.07 Å². The van der Waals surface area contributed by atoms with Gasteiger partial charge < -0.3 is 5.73 Å². The topological polar surface area (TPSA) is 62.7 Å². The highest BCUT2D eigenvalue weighted by atomic mass is 31.2. The molecule has 0 aliphatic carbocycles. The number of nitrogen functional groups attached to an aromatic ring is 1. The van der Waals surface area contributed by atoms with Crippen LogP contribution in [0.5, 0.6) is 0 Å². The summed E-state index contributed by atoms with van der Waals surface area (Å²) >= 11 is 0. The number of rotatable bonds is 3. The molecule has 2 N–H and O–H groups in total. The van der Waals surface area contributed by atoms with Gasteiger partial charge in [0.2, 0.25) is 0 Å². The van der Waals surface area contributed by atoms with Gasteiger partial charge in [-0.25, -0.2) is 4.98 Å². The van der Waals surface area contributed by atoms with E-state index < -0.39 is 8.54 Å². The predicted molar refractivity (Wildman–Crippen MR) is 76.9 cm³/mol. The number of benzene rings is 1. The van der Waals surface area contributed by atoms with Crippen LogP contribution in [0.2, 0.25) is 0 Å². The van der Waals surface area contributed by atoms with Gasteiger partial charge in [0.1, 0.15) is 11.8 Å². The zero-order valence-electron chi connectivity index (χ0n) is 10.8. The molecule has 2 rings (SSSR count). The monoisotopic (exact) mass is 291 g/mol. The lowest BCUT2D eigenvalue weighted by molar-refractivity contribution is 0.763. The number of hydrogen-bond acceptors (Lipinski definition) is 3. The molecule has 0 saturated heterocycles. The van der Waals surface area contributed by atoms with Crippen LogP contribution in [0.4, 0.5) is 14.1 Å². The van der Waals surface area contributed by atoms with E-state index in [0.717, 1.165) is 5.56 Å². The minimum absolute atomic E-state index is 0.0217. The Labute approximate surface area is 117 Å². The molecule has 0 amide bonds. The lowest BCUT2D eigenvalue weighted by Crippen LogP contribution is -2.01. The van der Waals surface area contributed by atoms with Crippen molar-refractivity contribution in [3.8, 4) is 17.2 Å². The molecule has 20 heavy (non-hydrogen) atoms. The van der Waals surface area contributed by atoms with Crippen molar-refractivity contribution < 1.29 is 8.39 Å². The second-order valence-electron chi connectivity index (χ2n) is 4.20. The first-order valence-corrected chi connectivity index (χ1v) is 7.09. The molecule has 0 aliphatic heterocycles. The van der Waals surface area contributed by atoms with E-state index in [2.05, 4.69) is 4.98 Å². The molecule has 0 bridgehead atoms. The van der Waals surface area contributed by atoms with Crippen molar-refractivity contribution in [3.05, 3.63) is 41.7 Å². The average Bonchev–Trinajstić information content (AvgIpc) is 2.46. The Hall–Kier alpha value is -2.05. The number of nitriles is 1. The number of halogens is 2. The van der Waals surface area contributed by atoms with Crippen molar-refractivity contribution in [2.75, 3.05) is 5.73 Å². The molecule has 6 heteroatoms. The summed E-state index contributed by atoms with van der Waals surface area (Å²) in [5.74, 6) is 0. The van der Waals surface area contributed by atoms with Gasteiger partial charge in [0, 0.05) is 28.3 Å². The number of pyridine rings is 1. The third kappa shape index (κ3) is 2.76. The lowest BCUT2D eigenvalue weighted by Gasteiger charge is -2.09. The first-order chi connectivity index (χ1) is 9.56. The van der Waals surface area contributed by atoms with Gasteiger partial charge in [0.15, 0.2) is 0 Å². The molecule has 0 aliphatic rings. The Balaban J connectivity index is 2.56. The maximum absolute atomic E-state index is 12.8. The highest BCUT2D eigenvalue weighted by molar-refractivity contribution is 7.55. The van der Waals surface area contributed by atoms with Crippen molar-refractivity contribution in [2.45, 2.75) is 13.3 Å². The summed E-state index contributed by atoms with van der Waals surface area (Å²) in [5, 5.41) is 8.93. The van der Waals surface area contributed by atoms with E-state index in [9.17, 15) is 8.39 Å². The van der Waals surface area contributed by atoms with Gasteiger partial charge in [-0.05, 0) is 36.2 Å². The lowest BCUT2D eigenvalue weighted by atomic mass is 10.0. The van der Waals surface area contributed by atoms with Crippen LogP contribution in [0, 0.1) is 11.3 Å². The Morgan fingerprint density at radius 2 is 2.10 bits per heavy atom. The third-order valence-corrected chi connectivity index (χ3v) is 3.67. The number of anilines is 1. The SMILES string of the molecule is CCc1cc(-c2cc(P(F)F)ccc2N)cnc1C#N. The summed E-state index contributed by atoms with van der Waals surface area (Å²) < 4.78 is 25.6. The van der Waals surface area contributed by atoms with Gasteiger partial charge in [-0.1, -0.05) is 6.92 Å². The molecule has 1 aromatic carbocycles. The fraction of sp³-hybridized carbons (Fsp3) is 0.143. The van der Waals surface area contributed by atoms with Crippen molar-refractivity contribution in [1.29, 1.82) is 5.26 Å². The van der Waals surface area contributed by atoms with E-state index in [4.69, 9.17) is 11.0 Å². The predicted octanol–water partition coefficient (Wildman–Crippen LogP) is 3.64. The summed E-state index contributed by atoms with van der Waals surface area (Å²) in [5.41, 5.74) is 8.57. The van der Waals surface area contributed by atoms with Crippen molar-refractivity contribution in [3.63, 3.8) is 0 Å². The van der Waals surface area contributed by atoms with Gasteiger partial charge in [-0.3, -0.25) is 0 Å². The van der Waals surface area contributed by atoms with Crippen LogP contribution in [-0.2, 0) is 6.42 Å². The highest BCUT2D eigenvalue weighted by Crippen LogP contribution is 2.39. The molecule has 0 unspecified atom stereocenters. The van der Waals surface area contributed by atoms with Crippen LogP contribution in [0.25, 0.3) is 11.1 Å². The van der Waals surface area contributed by atoms with Crippen molar-refractivity contribution in [2.24, 2.45) is 0 Å². The minimum Gasteiger partial charge on any atom is -0.398 e. The first-order valence-electron chi connectivity index (χ1n) is 5.97. The van der Waals surface area contributed by atoms with Crippen LogP contribution in [0.1, 0.15) is 18.2 Å². The number of nitrogens with two attached hydrogens (primary N) is 1. The largest absolute Gasteiger partial charge is 0.398 e. The van der Waals surface area contributed by atoms with Gasteiger partial charge in [-0.15, -0.1) is 0 Å². The smallest absolute Gasteiger partial charge is 0.298 e. The molecular weight excluding hydrogens is 279 g/mol. The maximum atomic E-state index is 12.8. The summed E-state index contributed by atoms with van der Waals surface area (Å²) in [7, 11) is -3.16. The van der Waals surface area contributed by atoms with Gasteiger partial charge in [0.25, 0.3) is 8.54 Å². The van der Waals surface area contributed by atoms with Crippen molar-refractivity contribution >= 4 is 19.5 Å². The Bertz CT molecular complexity index is 681. The van der Waals surface area contributed by atoms with Crippen LogP contribution in [0.15, 0.2) is 30.5 Å². The molecular formula is C14H12F2N3P. The van der Waals surface area contributed by atoms with E-state index in [0.29, 0.717) is 28.9 Å². The number of aryl methyl sites for hydroxylation is 1. The second kappa shape index (κ2) is 5.94. The summed E-state index contributed by atoms with van der Waals surface area (Å²) in [4.78, 5) is 4.06. The zero-order chi connectivity index (χ0) is 14.7. The fourth-order valence-electron chi connectivity index (χ4n) is 1.93. The second-order valence-corrected chi connectivity index (χ2v) is 5.18. The van der Waals surface area contributed by atoms with Crippen molar-refractivity contribution in [1.82, 2.24) is 4.98 Å². The fourth-order valence-corrected chi connectivity index (χ4v) is 2.34. The van der Waals surface area contributed by atoms with E-state index >= 15 is 0 Å². The van der Waals surface area contributed by atoms with E-state index in [1.807, 2.05) is 13.0 Å². The summed E-state index contributed by atoms with van der Waals surface area (Å²) in [6.45, 7) is 1.91. The first kappa shape index (κ1) is 14.4. The maximum Gasteiger partial charge on any atom is 0.298 e. The minimum atomic E-state index is -3.16. The molecule has 0 radical (unpaired) electrons. The zero-order valence-corrected chi connectivity index (χ0v) is 11.7. The Morgan fingerprint density at radius 1 is 1.35 bits per heavy atom. The standard InChI is InChI=1S/C14H12F2N3P/c1-2-9-5-10(8-19-14(9)7-17)12-6-11(20(15)16)3-4-13(12)18/h3-6,8H,2,18H2,1H3. The summed E-state index contributed by atoms with van der Waals surface area (Å²) in [6.07, 6.45) is 2.13. The average molecular weight is 291 g/mol. The Kier molecular flexibility index (Phi) is 4.26. The molecule has 102 valence electrons. The molecule has 3 nitrogen and oxygen atoms in total. The molecule has 1 heterocycles. The molecule has 2 aromatic rings. The molecule has 0 atom stereocenters.